The molecule has 7 heteroatoms. The van der Waals surface area contributed by atoms with Crippen molar-refractivity contribution in [3.8, 4) is 5.88 Å². The fraction of sp³-hybridized carbons (Fsp3) is 0.455. The van der Waals surface area contributed by atoms with E-state index in [-0.39, 0.29) is 30.2 Å². The average Bonchev–Trinajstić information content (AvgIpc) is 2.36. The molecule has 18 heavy (non-hydrogen) atoms. The van der Waals surface area contributed by atoms with E-state index < -0.39 is 18.0 Å². The van der Waals surface area contributed by atoms with Crippen molar-refractivity contribution in [1.82, 2.24) is 4.98 Å². The zero-order chi connectivity index (χ0) is 13.7. The lowest BCUT2D eigenvalue weighted by molar-refractivity contribution is 0.0512. The van der Waals surface area contributed by atoms with Crippen LogP contribution in [0.4, 0.5) is 8.78 Å². The number of nitrogens with zero attached hydrogens (tertiary/aromatic N) is 1. The third-order valence-electron chi connectivity index (χ3n) is 2.27. The smallest absolute Gasteiger partial charge is 0.339 e. The largest absolute Gasteiger partial charge is 0.481 e. The van der Waals surface area contributed by atoms with Gasteiger partial charge in [0.2, 0.25) is 5.88 Å². The Balaban J connectivity index is 3.45. The summed E-state index contributed by atoms with van der Waals surface area (Å²) >= 11 is 0. The van der Waals surface area contributed by atoms with Gasteiger partial charge in [0.1, 0.15) is 0 Å². The average molecular weight is 260 g/mol. The molecule has 1 aromatic heterocycles. The lowest BCUT2D eigenvalue weighted by atomic mass is 10.0. The molecule has 5 nitrogen and oxygen atoms in total. The van der Waals surface area contributed by atoms with Gasteiger partial charge in [-0.25, -0.2) is 18.6 Å². The van der Waals surface area contributed by atoms with Gasteiger partial charge in [-0.15, -0.1) is 0 Å². The molecule has 0 saturated heterocycles. The fourth-order valence-electron chi connectivity index (χ4n) is 1.51. The summed E-state index contributed by atoms with van der Waals surface area (Å²) in [6, 6.07) is 0. The van der Waals surface area contributed by atoms with Crippen molar-refractivity contribution in [2.75, 3.05) is 13.7 Å². The molecule has 0 fully saturated rings. The van der Waals surface area contributed by atoms with Crippen LogP contribution in [0, 0.1) is 0 Å². The highest BCUT2D eigenvalue weighted by Gasteiger charge is 2.27. The number of esters is 1. The lowest BCUT2D eigenvalue weighted by Gasteiger charge is -2.14. The van der Waals surface area contributed by atoms with Gasteiger partial charge in [-0.05, 0) is 12.5 Å². The van der Waals surface area contributed by atoms with Gasteiger partial charge in [0, 0.05) is 12.7 Å². The van der Waals surface area contributed by atoms with Crippen LogP contribution in [0.15, 0.2) is 6.20 Å². The third-order valence-corrected chi connectivity index (χ3v) is 2.27. The van der Waals surface area contributed by atoms with Gasteiger partial charge in [-0.1, -0.05) is 0 Å². The molecule has 0 aliphatic heterocycles. The first kappa shape index (κ1) is 14.3. The highest BCUT2D eigenvalue weighted by Crippen LogP contribution is 2.32. The second-order valence-corrected chi connectivity index (χ2v) is 3.31. The van der Waals surface area contributed by atoms with Crippen LogP contribution in [0.2, 0.25) is 0 Å². The normalized spacial score (nSPS) is 10.6. The van der Waals surface area contributed by atoms with Crippen LogP contribution >= 0.6 is 0 Å². The Morgan fingerprint density at radius 3 is 2.67 bits per heavy atom. The van der Waals surface area contributed by atoms with Crippen molar-refractivity contribution >= 4 is 5.97 Å². The van der Waals surface area contributed by atoms with E-state index in [1.165, 1.54) is 13.3 Å². The SMILES string of the molecule is CCOC(=O)c1c(CN)cnc(OC)c1C(F)F. The van der Waals surface area contributed by atoms with Gasteiger partial charge in [0.05, 0.1) is 24.8 Å². The second-order valence-electron chi connectivity index (χ2n) is 3.31. The van der Waals surface area contributed by atoms with Crippen LogP contribution in [0.25, 0.3) is 0 Å². The molecule has 1 aromatic rings. The number of hydrogen-bond acceptors (Lipinski definition) is 5. The van der Waals surface area contributed by atoms with Crippen LogP contribution in [0.1, 0.15) is 34.8 Å². The minimum absolute atomic E-state index is 0.0795. The number of rotatable bonds is 5. The van der Waals surface area contributed by atoms with Crippen LogP contribution in [0.5, 0.6) is 5.88 Å². The predicted molar refractivity (Wildman–Crippen MR) is 59.6 cm³/mol. The Morgan fingerprint density at radius 1 is 1.56 bits per heavy atom. The standard InChI is InChI=1S/C11H14F2N2O3/c1-3-18-11(16)7-6(4-14)5-15-10(17-2)8(7)9(12)13/h5,9H,3-4,14H2,1-2H3. The van der Waals surface area contributed by atoms with Crippen molar-refractivity contribution < 1.29 is 23.0 Å². The fourth-order valence-corrected chi connectivity index (χ4v) is 1.51. The van der Waals surface area contributed by atoms with E-state index in [1.807, 2.05) is 0 Å². The molecule has 100 valence electrons. The van der Waals surface area contributed by atoms with E-state index >= 15 is 0 Å². The number of nitrogens with two attached hydrogens (primary N) is 1. The summed E-state index contributed by atoms with van der Waals surface area (Å²) in [6.45, 7) is 1.57. The summed E-state index contributed by atoms with van der Waals surface area (Å²) in [4.78, 5) is 15.4. The Kier molecular flexibility index (Phi) is 4.96. The topological polar surface area (TPSA) is 74.4 Å². The van der Waals surface area contributed by atoms with E-state index in [4.69, 9.17) is 15.2 Å². The number of pyridine rings is 1. The monoisotopic (exact) mass is 260 g/mol. The molecule has 0 aromatic carbocycles. The molecule has 0 aliphatic carbocycles. The summed E-state index contributed by atoms with van der Waals surface area (Å²) in [5.41, 5.74) is 4.76. The number of aromatic nitrogens is 1. The first-order chi connectivity index (χ1) is 8.56. The van der Waals surface area contributed by atoms with Gasteiger partial charge in [0.25, 0.3) is 6.43 Å². The molecule has 0 bridgehead atoms. The zero-order valence-electron chi connectivity index (χ0n) is 10.1. The van der Waals surface area contributed by atoms with Crippen molar-refractivity contribution in [3.63, 3.8) is 0 Å². The molecule has 0 atom stereocenters. The number of alkyl halides is 2. The summed E-state index contributed by atoms with van der Waals surface area (Å²) in [5, 5.41) is 0. The van der Waals surface area contributed by atoms with Gasteiger partial charge < -0.3 is 15.2 Å². The molecule has 0 aliphatic rings. The van der Waals surface area contributed by atoms with Crippen LogP contribution in [0.3, 0.4) is 0 Å². The third kappa shape index (κ3) is 2.73. The van der Waals surface area contributed by atoms with Gasteiger partial charge >= 0.3 is 5.97 Å². The zero-order valence-corrected chi connectivity index (χ0v) is 10.1. The number of carbonyl (C=O) groups excluding carboxylic acids is 1. The molecule has 1 heterocycles. The minimum Gasteiger partial charge on any atom is -0.481 e. The van der Waals surface area contributed by atoms with E-state index in [9.17, 15) is 13.6 Å². The quantitative estimate of drug-likeness (QED) is 0.815. The van der Waals surface area contributed by atoms with Gasteiger partial charge in [0.15, 0.2) is 0 Å². The van der Waals surface area contributed by atoms with E-state index in [0.29, 0.717) is 0 Å². The number of hydrogen-bond donors (Lipinski definition) is 1. The number of halogens is 2. The molecule has 2 N–H and O–H groups in total. The van der Waals surface area contributed by atoms with Crippen molar-refractivity contribution in [2.24, 2.45) is 5.73 Å². The van der Waals surface area contributed by atoms with Crippen molar-refractivity contribution in [2.45, 2.75) is 19.9 Å². The number of carbonyl (C=O) groups is 1. The summed E-state index contributed by atoms with van der Waals surface area (Å²) in [6.07, 6.45) is -1.67. The summed E-state index contributed by atoms with van der Waals surface area (Å²) in [7, 11) is 1.20. The molecule has 0 radical (unpaired) electrons. The highest BCUT2D eigenvalue weighted by atomic mass is 19.3. The Hall–Kier alpha value is -1.76. The van der Waals surface area contributed by atoms with E-state index in [0.717, 1.165) is 0 Å². The Bertz CT molecular complexity index is 439. The molecule has 0 spiro atoms. The second kappa shape index (κ2) is 6.25. The predicted octanol–water partition coefficient (Wildman–Crippen LogP) is 1.66. The highest BCUT2D eigenvalue weighted by molar-refractivity contribution is 5.93. The van der Waals surface area contributed by atoms with Crippen molar-refractivity contribution in [3.05, 3.63) is 22.9 Å². The lowest BCUT2D eigenvalue weighted by Crippen LogP contribution is -2.16. The Labute approximate surface area is 103 Å². The number of methoxy groups -OCH3 is 1. The molecule has 0 amide bonds. The first-order valence-corrected chi connectivity index (χ1v) is 5.27. The molecule has 1 rings (SSSR count). The minimum atomic E-state index is -2.90. The van der Waals surface area contributed by atoms with Crippen LogP contribution in [-0.2, 0) is 11.3 Å². The molecule has 0 saturated carbocycles. The Morgan fingerprint density at radius 2 is 2.22 bits per heavy atom. The maximum absolute atomic E-state index is 13.0. The van der Waals surface area contributed by atoms with Crippen molar-refractivity contribution in [1.29, 1.82) is 0 Å². The van der Waals surface area contributed by atoms with E-state index in [1.54, 1.807) is 6.92 Å². The van der Waals surface area contributed by atoms with Gasteiger partial charge in [-0.3, -0.25) is 0 Å². The number of ether oxygens (including phenoxy) is 2. The van der Waals surface area contributed by atoms with Crippen LogP contribution < -0.4 is 10.5 Å². The van der Waals surface area contributed by atoms with E-state index in [2.05, 4.69) is 4.98 Å². The first-order valence-electron chi connectivity index (χ1n) is 5.27. The summed E-state index contributed by atoms with van der Waals surface area (Å²) in [5.74, 6) is -1.15. The van der Waals surface area contributed by atoms with Gasteiger partial charge in [-0.2, -0.15) is 0 Å². The molecular formula is C11H14F2N2O3. The molecular weight excluding hydrogens is 246 g/mol. The maximum atomic E-state index is 13.0. The summed E-state index contributed by atoms with van der Waals surface area (Å²) < 4.78 is 35.5. The van der Waals surface area contributed by atoms with Crippen LogP contribution in [-0.4, -0.2) is 24.7 Å². The maximum Gasteiger partial charge on any atom is 0.339 e. The molecule has 0 unspecified atom stereocenters.